The maximum atomic E-state index is 12.3. The molecule has 0 spiro atoms. The van der Waals surface area contributed by atoms with Crippen molar-refractivity contribution >= 4 is 5.97 Å². The Balaban J connectivity index is 1.91. The predicted octanol–water partition coefficient (Wildman–Crippen LogP) is 3.16. The monoisotopic (exact) mass is 311 g/mol. The fourth-order valence-electron chi connectivity index (χ4n) is 4.39. The van der Waals surface area contributed by atoms with Crippen LogP contribution in [0.5, 0.6) is 0 Å². The zero-order valence-corrected chi connectivity index (χ0v) is 14.1. The van der Waals surface area contributed by atoms with Gasteiger partial charge in [0.05, 0.1) is 13.2 Å². The molecule has 22 heavy (non-hydrogen) atoms. The summed E-state index contributed by atoms with van der Waals surface area (Å²) in [5.74, 6) is 0.792. The van der Waals surface area contributed by atoms with Crippen LogP contribution >= 0.6 is 0 Å². The summed E-state index contributed by atoms with van der Waals surface area (Å²) in [6, 6.07) is 0. The number of methoxy groups -OCH3 is 1. The van der Waals surface area contributed by atoms with Gasteiger partial charge in [-0.1, -0.05) is 44.9 Å². The van der Waals surface area contributed by atoms with Gasteiger partial charge in [-0.05, 0) is 43.9 Å². The van der Waals surface area contributed by atoms with E-state index in [-0.39, 0.29) is 12.1 Å². The lowest BCUT2D eigenvalue weighted by molar-refractivity contribution is -0.148. The molecule has 2 aliphatic carbocycles. The lowest BCUT2D eigenvalue weighted by atomic mass is 9.75. The van der Waals surface area contributed by atoms with Gasteiger partial charge in [-0.25, -0.2) is 0 Å². The minimum atomic E-state index is -0.867. The van der Waals surface area contributed by atoms with Gasteiger partial charge in [0.15, 0.2) is 0 Å². The Bertz CT molecular complexity index is 354. The van der Waals surface area contributed by atoms with E-state index in [4.69, 9.17) is 10.5 Å². The van der Waals surface area contributed by atoms with Crippen LogP contribution in [0.3, 0.4) is 0 Å². The van der Waals surface area contributed by atoms with Crippen LogP contribution in [0.2, 0.25) is 0 Å². The highest BCUT2D eigenvalue weighted by atomic mass is 16.5. The maximum Gasteiger partial charge on any atom is 0.325 e. The first-order valence-electron chi connectivity index (χ1n) is 9.09. The fraction of sp³-hybridized carbons (Fsp3) is 0.944. The molecule has 0 amide bonds. The van der Waals surface area contributed by atoms with Gasteiger partial charge >= 0.3 is 5.97 Å². The first kappa shape index (κ1) is 17.7. The molecule has 0 aromatic heterocycles. The SMILES string of the molecule is COC(=O)C(N)(CCC1CCCCC1)C[C@H]1CCC[C@H](O)C1. The summed E-state index contributed by atoms with van der Waals surface area (Å²) in [4.78, 5) is 12.3. The summed E-state index contributed by atoms with van der Waals surface area (Å²) < 4.78 is 5.00. The predicted molar refractivity (Wildman–Crippen MR) is 87.3 cm³/mol. The van der Waals surface area contributed by atoms with E-state index in [1.165, 1.54) is 39.2 Å². The summed E-state index contributed by atoms with van der Waals surface area (Å²) in [5.41, 5.74) is 5.62. The van der Waals surface area contributed by atoms with Crippen LogP contribution in [0.25, 0.3) is 0 Å². The van der Waals surface area contributed by atoms with Crippen molar-refractivity contribution in [2.75, 3.05) is 7.11 Å². The van der Waals surface area contributed by atoms with Crippen LogP contribution in [0.4, 0.5) is 0 Å². The molecular formula is C18H33NO3. The van der Waals surface area contributed by atoms with Crippen LogP contribution in [0.1, 0.15) is 77.0 Å². The quantitative estimate of drug-likeness (QED) is 0.739. The third kappa shape index (κ3) is 4.95. The van der Waals surface area contributed by atoms with Gasteiger partial charge in [-0.2, -0.15) is 0 Å². The van der Waals surface area contributed by atoms with Crippen LogP contribution < -0.4 is 5.73 Å². The molecule has 128 valence electrons. The van der Waals surface area contributed by atoms with Crippen molar-refractivity contribution in [3.05, 3.63) is 0 Å². The van der Waals surface area contributed by atoms with Gasteiger partial charge in [0.25, 0.3) is 0 Å². The molecule has 0 heterocycles. The van der Waals surface area contributed by atoms with Crippen molar-refractivity contribution in [2.45, 2.75) is 88.7 Å². The van der Waals surface area contributed by atoms with Gasteiger partial charge in [0, 0.05) is 0 Å². The Morgan fingerprint density at radius 2 is 1.82 bits per heavy atom. The number of aliphatic hydroxyl groups is 1. The van der Waals surface area contributed by atoms with Crippen LogP contribution in [-0.4, -0.2) is 29.8 Å². The number of carbonyl (C=O) groups excluding carboxylic acids is 1. The molecule has 0 aliphatic heterocycles. The number of hydrogen-bond donors (Lipinski definition) is 2. The number of ether oxygens (including phenoxy) is 1. The molecule has 0 aromatic carbocycles. The lowest BCUT2D eigenvalue weighted by Gasteiger charge is -2.35. The van der Waals surface area contributed by atoms with E-state index < -0.39 is 5.54 Å². The van der Waals surface area contributed by atoms with E-state index >= 15 is 0 Å². The zero-order chi connectivity index (χ0) is 16.0. The Labute approximate surface area is 134 Å². The van der Waals surface area contributed by atoms with E-state index in [0.29, 0.717) is 12.3 Å². The molecule has 3 N–H and O–H groups in total. The van der Waals surface area contributed by atoms with E-state index in [2.05, 4.69) is 0 Å². The average molecular weight is 311 g/mol. The topological polar surface area (TPSA) is 72.5 Å². The minimum absolute atomic E-state index is 0.223. The fourth-order valence-corrected chi connectivity index (χ4v) is 4.39. The van der Waals surface area contributed by atoms with Crippen molar-refractivity contribution in [1.82, 2.24) is 0 Å². The minimum Gasteiger partial charge on any atom is -0.468 e. The molecule has 0 bridgehead atoms. The number of nitrogens with two attached hydrogens (primary N) is 1. The number of hydrogen-bond acceptors (Lipinski definition) is 4. The van der Waals surface area contributed by atoms with Crippen molar-refractivity contribution in [3.8, 4) is 0 Å². The highest BCUT2D eigenvalue weighted by molar-refractivity contribution is 5.80. The molecule has 2 saturated carbocycles. The van der Waals surface area contributed by atoms with E-state index in [1.54, 1.807) is 0 Å². The van der Waals surface area contributed by atoms with Gasteiger partial charge in [-0.3, -0.25) is 4.79 Å². The Kier molecular flexibility index (Phi) is 6.69. The van der Waals surface area contributed by atoms with Crippen molar-refractivity contribution in [3.63, 3.8) is 0 Å². The Hall–Kier alpha value is -0.610. The molecule has 3 atom stereocenters. The van der Waals surface area contributed by atoms with Gasteiger partial charge in [-0.15, -0.1) is 0 Å². The first-order valence-corrected chi connectivity index (χ1v) is 9.09. The number of carbonyl (C=O) groups is 1. The van der Waals surface area contributed by atoms with Gasteiger partial charge < -0.3 is 15.6 Å². The smallest absolute Gasteiger partial charge is 0.325 e. The molecule has 0 saturated heterocycles. The van der Waals surface area contributed by atoms with Gasteiger partial charge in [0.1, 0.15) is 5.54 Å². The van der Waals surface area contributed by atoms with Crippen LogP contribution in [-0.2, 0) is 9.53 Å². The van der Waals surface area contributed by atoms with Crippen molar-refractivity contribution in [2.24, 2.45) is 17.6 Å². The summed E-state index contributed by atoms with van der Waals surface area (Å²) in [7, 11) is 1.43. The van der Waals surface area contributed by atoms with Crippen LogP contribution in [0, 0.1) is 11.8 Å². The molecule has 0 radical (unpaired) electrons. The highest BCUT2D eigenvalue weighted by Crippen LogP contribution is 2.35. The molecule has 4 heteroatoms. The molecule has 4 nitrogen and oxygen atoms in total. The summed E-state index contributed by atoms with van der Waals surface area (Å²) >= 11 is 0. The second kappa shape index (κ2) is 8.30. The molecule has 2 fully saturated rings. The molecule has 2 rings (SSSR count). The van der Waals surface area contributed by atoms with Gasteiger partial charge in [0.2, 0.25) is 0 Å². The van der Waals surface area contributed by atoms with Crippen molar-refractivity contribution in [1.29, 1.82) is 0 Å². The average Bonchev–Trinajstić information content (AvgIpc) is 2.53. The number of esters is 1. The largest absolute Gasteiger partial charge is 0.468 e. The van der Waals surface area contributed by atoms with Crippen molar-refractivity contribution < 1.29 is 14.6 Å². The third-order valence-corrected chi connectivity index (χ3v) is 5.72. The van der Waals surface area contributed by atoms with E-state index in [0.717, 1.165) is 44.4 Å². The summed E-state index contributed by atoms with van der Waals surface area (Å²) in [6.07, 6.45) is 12.5. The second-order valence-corrected chi connectivity index (χ2v) is 7.58. The molecule has 1 unspecified atom stereocenters. The van der Waals surface area contributed by atoms with Crippen LogP contribution in [0.15, 0.2) is 0 Å². The number of aliphatic hydroxyl groups excluding tert-OH is 1. The lowest BCUT2D eigenvalue weighted by Crippen LogP contribution is -2.51. The van der Waals surface area contributed by atoms with E-state index in [1.807, 2.05) is 0 Å². The molecule has 0 aromatic rings. The Morgan fingerprint density at radius 3 is 2.45 bits per heavy atom. The standard InChI is InChI=1S/C18H33NO3/c1-22-17(21)18(19,11-10-14-6-3-2-4-7-14)13-15-8-5-9-16(20)12-15/h14-16,20H,2-13,19H2,1H3/t15-,16-,18?/m0/s1. The third-order valence-electron chi connectivity index (χ3n) is 5.72. The highest BCUT2D eigenvalue weighted by Gasteiger charge is 2.39. The number of rotatable bonds is 6. The maximum absolute atomic E-state index is 12.3. The molecule has 2 aliphatic rings. The normalized spacial score (nSPS) is 29.8. The second-order valence-electron chi connectivity index (χ2n) is 7.58. The summed E-state index contributed by atoms with van der Waals surface area (Å²) in [6.45, 7) is 0. The molecular weight excluding hydrogens is 278 g/mol. The summed E-state index contributed by atoms with van der Waals surface area (Å²) in [5, 5.41) is 9.85. The van der Waals surface area contributed by atoms with E-state index in [9.17, 15) is 9.90 Å². The first-order chi connectivity index (χ1) is 10.5. The Morgan fingerprint density at radius 1 is 1.14 bits per heavy atom. The zero-order valence-electron chi connectivity index (χ0n) is 14.1.